The van der Waals surface area contributed by atoms with E-state index in [2.05, 4.69) is 37.2 Å². The van der Waals surface area contributed by atoms with E-state index in [-0.39, 0.29) is 0 Å². The van der Waals surface area contributed by atoms with Crippen molar-refractivity contribution in [1.29, 1.82) is 0 Å². The van der Waals surface area contributed by atoms with Crippen molar-refractivity contribution in [1.82, 2.24) is 35.0 Å². The summed E-state index contributed by atoms with van der Waals surface area (Å²) in [5.41, 5.74) is 0. The molecule has 1 aliphatic carbocycles. The minimum absolute atomic E-state index is 0.335. The maximum Gasteiger partial charge on any atom is 0.192 e. The van der Waals surface area contributed by atoms with Crippen LogP contribution in [0.5, 0.6) is 5.75 Å². The summed E-state index contributed by atoms with van der Waals surface area (Å²) in [7, 11) is 0. The summed E-state index contributed by atoms with van der Waals surface area (Å²) in [5, 5.41) is 22.3. The van der Waals surface area contributed by atoms with Gasteiger partial charge in [0.1, 0.15) is 12.4 Å². The number of rotatable bonds is 10. The first-order valence-electron chi connectivity index (χ1n) is 9.45. The molecule has 1 saturated carbocycles. The van der Waals surface area contributed by atoms with Crippen LogP contribution in [-0.2, 0) is 18.9 Å². The third-order valence-corrected chi connectivity index (χ3v) is 5.75. The summed E-state index contributed by atoms with van der Waals surface area (Å²) in [6.07, 6.45) is 4.44. The number of unbranched alkanes of at least 4 members (excludes halogenated alkanes) is 1. The molecule has 28 heavy (non-hydrogen) atoms. The van der Waals surface area contributed by atoms with Crippen LogP contribution in [-0.4, -0.2) is 35.0 Å². The normalized spacial score (nSPS) is 13.8. The number of benzene rings is 1. The average Bonchev–Trinajstić information content (AvgIpc) is 3.31. The maximum atomic E-state index is 6.18. The van der Waals surface area contributed by atoms with Crippen LogP contribution in [0.2, 0.25) is 5.02 Å². The Balaban J connectivity index is 1.44. The van der Waals surface area contributed by atoms with Gasteiger partial charge in [-0.05, 0) is 41.8 Å². The zero-order valence-corrected chi connectivity index (χ0v) is 17.2. The number of hydrogen-bond donors (Lipinski definition) is 0. The van der Waals surface area contributed by atoms with E-state index in [4.69, 9.17) is 16.3 Å². The third-order valence-electron chi connectivity index (χ3n) is 4.50. The lowest BCUT2D eigenvalue weighted by atomic mass is 10.3. The van der Waals surface area contributed by atoms with Crippen molar-refractivity contribution in [2.24, 2.45) is 0 Å². The molecule has 1 fully saturated rings. The van der Waals surface area contributed by atoms with E-state index < -0.39 is 0 Å². The second-order valence-electron chi connectivity index (χ2n) is 6.68. The summed E-state index contributed by atoms with van der Waals surface area (Å²) in [6, 6.07) is 7.89. The van der Waals surface area contributed by atoms with E-state index in [0.29, 0.717) is 29.2 Å². The molecule has 0 spiro atoms. The smallest absolute Gasteiger partial charge is 0.192 e. The monoisotopic (exact) mass is 419 g/mol. The molecule has 148 valence electrons. The van der Waals surface area contributed by atoms with Gasteiger partial charge in [-0.3, -0.25) is 4.57 Å². The first-order chi connectivity index (χ1) is 13.8. The molecule has 1 aliphatic rings. The Morgan fingerprint density at radius 3 is 2.82 bits per heavy atom. The molecular formula is C18H22ClN7OS. The van der Waals surface area contributed by atoms with Gasteiger partial charge in [0.2, 0.25) is 0 Å². The molecule has 0 N–H and O–H groups in total. The number of nitrogens with zero attached hydrogens (tertiary/aromatic N) is 7. The summed E-state index contributed by atoms with van der Waals surface area (Å²) in [5.74, 6) is 2.99. The van der Waals surface area contributed by atoms with Crippen molar-refractivity contribution >= 4 is 23.4 Å². The number of halogens is 1. The molecule has 2 aromatic heterocycles. The first kappa shape index (κ1) is 19.2. The first-order valence-corrected chi connectivity index (χ1v) is 10.8. The van der Waals surface area contributed by atoms with E-state index in [1.165, 1.54) is 0 Å². The molecule has 0 amide bonds. The quantitative estimate of drug-likeness (QED) is 0.460. The Labute approximate surface area is 172 Å². The fourth-order valence-corrected chi connectivity index (χ4v) is 3.99. The fourth-order valence-electron chi connectivity index (χ4n) is 2.85. The number of para-hydroxylation sites is 1. The van der Waals surface area contributed by atoms with Crippen molar-refractivity contribution in [2.75, 3.05) is 0 Å². The van der Waals surface area contributed by atoms with Gasteiger partial charge in [0, 0.05) is 12.6 Å². The molecular weight excluding hydrogens is 398 g/mol. The molecule has 1 aromatic carbocycles. The van der Waals surface area contributed by atoms with Crippen molar-refractivity contribution in [3.05, 3.63) is 40.9 Å². The van der Waals surface area contributed by atoms with Crippen LogP contribution in [0.25, 0.3) is 0 Å². The minimum atomic E-state index is 0.335. The highest BCUT2D eigenvalue weighted by Crippen LogP contribution is 2.39. The van der Waals surface area contributed by atoms with Crippen LogP contribution in [0.4, 0.5) is 0 Å². The topological polar surface area (TPSA) is 83.5 Å². The molecule has 0 unspecified atom stereocenters. The molecule has 0 atom stereocenters. The number of hydrogen-bond acceptors (Lipinski definition) is 7. The van der Waals surface area contributed by atoms with Crippen LogP contribution >= 0.6 is 23.4 Å². The van der Waals surface area contributed by atoms with E-state index in [1.54, 1.807) is 11.8 Å². The lowest BCUT2D eigenvalue weighted by Crippen LogP contribution is -2.08. The second kappa shape index (κ2) is 8.91. The zero-order chi connectivity index (χ0) is 19.3. The fraction of sp³-hybridized carbons (Fsp3) is 0.500. The second-order valence-corrected chi connectivity index (χ2v) is 8.03. The highest BCUT2D eigenvalue weighted by Gasteiger charge is 2.30. The summed E-state index contributed by atoms with van der Waals surface area (Å²) < 4.78 is 9.92. The van der Waals surface area contributed by atoms with Gasteiger partial charge in [-0.15, -0.1) is 15.3 Å². The average molecular weight is 420 g/mol. The Morgan fingerprint density at radius 2 is 2.04 bits per heavy atom. The lowest BCUT2D eigenvalue weighted by molar-refractivity contribution is 0.288. The van der Waals surface area contributed by atoms with Gasteiger partial charge in [0.15, 0.2) is 16.8 Å². The molecule has 3 aromatic rings. The Bertz CT molecular complexity index is 924. The molecule has 10 heteroatoms. The maximum absolute atomic E-state index is 6.18. The summed E-state index contributed by atoms with van der Waals surface area (Å²) in [6.45, 7) is 3.33. The molecule has 4 rings (SSSR count). The SMILES string of the molecule is CCCCn1nnnc1CSc1nnc(COc2ccccc2Cl)n1C1CC1. The van der Waals surface area contributed by atoms with E-state index >= 15 is 0 Å². The summed E-state index contributed by atoms with van der Waals surface area (Å²) in [4.78, 5) is 0. The standard InChI is InChI=1S/C18H22ClN7OS/c1-2-3-10-25-17(21-23-24-25)12-28-18-22-20-16(26(18)13-8-9-13)11-27-15-7-5-4-6-14(15)19/h4-7,13H,2-3,8-12H2,1H3. The third kappa shape index (κ3) is 4.47. The Hall–Kier alpha value is -2.13. The molecule has 8 nitrogen and oxygen atoms in total. The molecule has 0 saturated heterocycles. The van der Waals surface area contributed by atoms with Crippen LogP contribution in [0.3, 0.4) is 0 Å². The predicted molar refractivity (Wildman–Crippen MR) is 106 cm³/mol. The van der Waals surface area contributed by atoms with E-state index in [0.717, 1.165) is 49.0 Å². The van der Waals surface area contributed by atoms with Gasteiger partial charge in [-0.2, -0.15) is 0 Å². The largest absolute Gasteiger partial charge is 0.484 e. The Morgan fingerprint density at radius 1 is 1.18 bits per heavy atom. The van der Waals surface area contributed by atoms with Gasteiger partial charge in [-0.1, -0.05) is 48.8 Å². The van der Waals surface area contributed by atoms with Crippen LogP contribution in [0, 0.1) is 0 Å². The zero-order valence-electron chi connectivity index (χ0n) is 15.7. The highest BCUT2D eigenvalue weighted by atomic mass is 35.5. The minimum Gasteiger partial charge on any atom is -0.484 e. The predicted octanol–water partition coefficient (Wildman–Crippen LogP) is 3.92. The van der Waals surface area contributed by atoms with Gasteiger partial charge < -0.3 is 4.74 Å². The molecule has 2 heterocycles. The van der Waals surface area contributed by atoms with Crippen molar-refractivity contribution in [3.8, 4) is 5.75 Å². The van der Waals surface area contributed by atoms with Crippen LogP contribution in [0.1, 0.15) is 50.3 Å². The summed E-state index contributed by atoms with van der Waals surface area (Å²) >= 11 is 7.79. The number of ether oxygens (including phenoxy) is 1. The van der Waals surface area contributed by atoms with E-state index in [9.17, 15) is 0 Å². The van der Waals surface area contributed by atoms with Gasteiger partial charge in [0.25, 0.3) is 0 Å². The molecule has 0 aliphatic heterocycles. The number of aromatic nitrogens is 7. The van der Waals surface area contributed by atoms with Crippen molar-refractivity contribution in [3.63, 3.8) is 0 Å². The van der Waals surface area contributed by atoms with Gasteiger partial charge in [-0.25, -0.2) is 4.68 Å². The van der Waals surface area contributed by atoms with E-state index in [1.807, 2.05) is 28.9 Å². The number of thioether (sulfide) groups is 1. The number of aryl methyl sites for hydroxylation is 1. The number of tetrazole rings is 1. The highest BCUT2D eigenvalue weighted by molar-refractivity contribution is 7.98. The van der Waals surface area contributed by atoms with Crippen LogP contribution < -0.4 is 4.74 Å². The molecule has 0 bridgehead atoms. The van der Waals surface area contributed by atoms with Crippen molar-refractivity contribution < 1.29 is 4.74 Å². The van der Waals surface area contributed by atoms with Gasteiger partial charge in [0.05, 0.1) is 10.8 Å². The van der Waals surface area contributed by atoms with Gasteiger partial charge >= 0.3 is 0 Å². The van der Waals surface area contributed by atoms with Crippen LogP contribution in [0.15, 0.2) is 29.4 Å². The lowest BCUT2D eigenvalue weighted by Gasteiger charge is -2.10. The Kier molecular flexibility index (Phi) is 6.11. The molecule has 0 radical (unpaired) electrons. The van der Waals surface area contributed by atoms with Crippen molar-refractivity contribution in [2.45, 2.75) is 62.7 Å².